The van der Waals surface area contributed by atoms with Crippen LogP contribution in [0.2, 0.25) is 0 Å². The van der Waals surface area contributed by atoms with Gasteiger partial charge in [-0.05, 0) is 19.3 Å². The summed E-state index contributed by atoms with van der Waals surface area (Å²) in [5.41, 5.74) is 8.12. The summed E-state index contributed by atoms with van der Waals surface area (Å²) in [6.07, 6.45) is 7.14. The molecule has 3 aromatic heterocycles. The van der Waals surface area contributed by atoms with Gasteiger partial charge in [0.15, 0.2) is 5.65 Å². The highest BCUT2D eigenvalue weighted by Crippen LogP contribution is 2.32. The van der Waals surface area contributed by atoms with Crippen LogP contribution in [0.3, 0.4) is 0 Å². The van der Waals surface area contributed by atoms with Gasteiger partial charge in [0.05, 0.1) is 18.1 Å². The quantitative estimate of drug-likeness (QED) is 0.711. The number of nitrogen functional groups attached to an aromatic ring is 1. The summed E-state index contributed by atoms with van der Waals surface area (Å²) in [6, 6.07) is 6.37. The topological polar surface area (TPSA) is 122 Å². The summed E-state index contributed by atoms with van der Waals surface area (Å²) in [6.45, 7) is 0. The molecule has 3 aromatic rings. The minimum absolute atomic E-state index is 0.114. The lowest BCUT2D eigenvalue weighted by molar-refractivity contribution is 0.368. The number of aromatic nitrogens is 5. The van der Waals surface area contributed by atoms with Gasteiger partial charge >= 0.3 is 0 Å². The third-order valence-corrected chi connectivity index (χ3v) is 5.34. The molecule has 2 atom stereocenters. The molecule has 3 heterocycles. The molecule has 1 fully saturated rings. The third-order valence-electron chi connectivity index (χ3n) is 5.34. The summed E-state index contributed by atoms with van der Waals surface area (Å²) in [7, 11) is 3.96. The summed E-state index contributed by atoms with van der Waals surface area (Å²) in [5, 5.41) is 12.6. The molecule has 1 aliphatic rings. The molecule has 3 N–H and O–H groups in total. The largest absolute Gasteiger partial charge is 0.384 e. The molecule has 4 rings (SSSR count). The van der Waals surface area contributed by atoms with Gasteiger partial charge in [0.1, 0.15) is 29.3 Å². The molecule has 0 radical (unpaired) electrons. The highest BCUT2D eigenvalue weighted by molar-refractivity contribution is 5.90. The van der Waals surface area contributed by atoms with Gasteiger partial charge in [-0.15, -0.1) is 0 Å². The smallest absolute Gasteiger partial charge is 0.164 e. The molecule has 0 spiro atoms. The number of nitriles is 1. The van der Waals surface area contributed by atoms with Gasteiger partial charge in [-0.2, -0.15) is 5.26 Å². The van der Waals surface area contributed by atoms with E-state index in [9.17, 15) is 5.26 Å². The molecule has 1 unspecified atom stereocenters. The predicted octanol–water partition coefficient (Wildman–Crippen LogP) is 2.60. The van der Waals surface area contributed by atoms with Crippen LogP contribution in [-0.4, -0.2) is 37.6 Å². The van der Waals surface area contributed by atoms with Crippen LogP contribution >= 0.6 is 0 Å². The van der Waals surface area contributed by atoms with Crippen molar-refractivity contribution in [3.05, 3.63) is 24.8 Å². The van der Waals surface area contributed by atoms with E-state index in [1.165, 1.54) is 6.33 Å². The fraction of sp³-hybridized carbons (Fsp3) is 0.421. The van der Waals surface area contributed by atoms with Gasteiger partial charge in [0.2, 0.25) is 0 Å². The number of rotatable bonds is 4. The zero-order valence-electron chi connectivity index (χ0n) is 16.0. The number of nitrogens with zero attached hydrogens (tertiary/aromatic N) is 7. The fourth-order valence-corrected chi connectivity index (χ4v) is 3.76. The van der Waals surface area contributed by atoms with Crippen molar-refractivity contribution in [1.82, 2.24) is 24.5 Å². The summed E-state index contributed by atoms with van der Waals surface area (Å²) in [5.74, 6) is 1.94. The number of nitrogens with two attached hydrogens (primary N) is 1. The van der Waals surface area contributed by atoms with E-state index in [0.717, 1.165) is 48.4 Å². The zero-order valence-corrected chi connectivity index (χ0v) is 16.0. The van der Waals surface area contributed by atoms with Crippen molar-refractivity contribution in [2.24, 2.45) is 13.0 Å². The van der Waals surface area contributed by atoms with Gasteiger partial charge in [-0.1, -0.05) is 6.42 Å². The second kappa shape index (κ2) is 7.31. The Morgan fingerprint density at radius 2 is 2.14 bits per heavy atom. The van der Waals surface area contributed by atoms with Crippen LogP contribution in [0.5, 0.6) is 0 Å². The van der Waals surface area contributed by atoms with Crippen LogP contribution in [0.1, 0.15) is 25.7 Å². The van der Waals surface area contributed by atoms with E-state index in [2.05, 4.69) is 31.2 Å². The molecule has 0 amide bonds. The number of pyridine rings is 1. The predicted molar refractivity (Wildman–Crippen MR) is 108 cm³/mol. The molecule has 0 aromatic carbocycles. The van der Waals surface area contributed by atoms with E-state index in [1.54, 1.807) is 12.4 Å². The van der Waals surface area contributed by atoms with Crippen molar-refractivity contribution in [1.29, 1.82) is 5.26 Å². The first-order valence-electron chi connectivity index (χ1n) is 9.34. The van der Waals surface area contributed by atoms with E-state index in [0.29, 0.717) is 17.7 Å². The Labute approximate surface area is 163 Å². The molecular weight excluding hydrogens is 354 g/mol. The zero-order chi connectivity index (χ0) is 19.7. The molecule has 144 valence electrons. The molecular formula is C19H23N9. The maximum Gasteiger partial charge on any atom is 0.164 e. The fourth-order valence-electron chi connectivity index (χ4n) is 3.76. The molecule has 1 saturated carbocycles. The van der Waals surface area contributed by atoms with Crippen LogP contribution in [0.4, 0.5) is 23.1 Å². The number of nitrogens with one attached hydrogen (secondary N) is 1. The van der Waals surface area contributed by atoms with Crippen molar-refractivity contribution in [2.45, 2.75) is 31.7 Å². The highest BCUT2D eigenvalue weighted by atomic mass is 15.2. The maximum absolute atomic E-state index is 9.31. The lowest BCUT2D eigenvalue weighted by Crippen LogP contribution is -2.36. The minimum atomic E-state index is 0.114. The molecule has 9 heteroatoms. The summed E-state index contributed by atoms with van der Waals surface area (Å²) < 4.78 is 1.89. The van der Waals surface area contributed by atoms with Crippen LogP contribution in [0, 0.1) is 17.2 Å². The summed E-state index contributed by atoms with van der Waals surface area (Å²) >= 11 is 0. The van der Waals surface area contributed by atoms with Crippen LogP contribution in [0.15, 0.2) is 24.8 Å². The van der Waals surface area contributed by atoms with Crippen LogP contribution in [0.25, 0.3) is 11.2 Å². The van der Waals surface area contributed by atoms with Crippen LogP contribution in [-0.2, 0) is 7.05 Å². The Hall–Kier alpha value is -3.41. The normalized spacial score (nSPS) is 19.3. The Morgan fingerprint density at radius 1 is 1.29 bits per heavy atom. The van der Waals surface area contributed by atoms with Crippen molar-refractivity contribution < 1.29 is 0 Å². The number of hydrogen-bond donors (Lipinski definition) is 2. The molecule has 0 bridgehead atoms. The van der Waals surface area contributed by atoms with Crippen molar-refractivity contribution in [2.75, 3.05) is 23.0 Å². The van der Waals surface area contributed by atoms with Gasteiger partial charge < -0.3 is 20.5 Å². The molecule has 1 aliphatic carbocycles. The standard InChI is InChI=1S/C19H23N9/c1-27-11-24-18-14(25-16-8-15(21)22-10-23-16)7-17(26-19(18)27)28(2)13-5-3-4-12(6-13)9-20/h7-8,10-13H,3-6H2,1-2H3,(H3,21,22,23,25,26)/t12?,13-/m1/s1. The molecule has 28 heavy (non-hydrogen) atoms. The minimum Gasteiger partial charge on any atom is -0.384 e. The maximum atomic E-state index is 9.31. The number of anilines is 4. The average molecular weight is 377 g/mol. The molecule has 9 nitrogen and oxygen atoms in total. The van der Waals surface area contributed by atoms with Crippen molar-refractivity contribution >= 4 is 34.3 Å². The second-order valence-electron chi connectivity index (χ2n) is 7.27. The average Bonchev–Trinajstić information content (AvgIpc) is 3.08. The van der Waals surface area contributed by atoms with Gasteiger partial charge in [0, 0.05) is 38.2 Å². The third kappa shape index (κ3) is 3.41. The monoisotopic (exact) mass is 377 g/mol. The van der Waals surface area contributed by atoms with Crippen LogP contribution < -0.4 is 16.0 Å². The lowest BCUT2D eigenvalue weighted by atomic mass is 9.86. The van der Waals surface area contributed by atoms with E-state index in [1.807, 2.05) is 24.7 Å². The van der Waals surface area contributed by atoms with Gasteiger partial charge in [-0.25, -0.2) is 19.9 Å². The van der Waals surface area contributed by atoms with Crippen molar-refractivity contribution in [3.8, 4) is 6.07 Å². The molecule has 0 saturated heterocycles. The lowest BCUT2D eigenvalue weighted by Gasteiger charge is -2.34. The first kappa shape index (κ1) is 18.0. The SMILES string of the molecule is CN(c1cc(Nc2cc(N)ncn2)c2ncn(C)c2n1)[C@@H]1CCCC(C#N)C1. The number of fused-ring (bicyclic) bond motifs is 1. The number of imidazole rings is 1. The second-order valence-corrected chi connectivity index (χ2v) is 7.27. The van der Waals surface area contributed by atoms with Crippen molar-refractivity contribution in [3.63, 3.8) is 0 Å². The Kier molecular flexibility index (Phi) is 4.69. The van der Waals surface area contributed by atoms with E-state index in [4.69, 9.17) is 10.7 Å². The Balaban J connectivity index is 1.71. The van der Waals surface area contributed by atoms with E-state index < -0.39 is 0 Å². The van der Waals surface area contributed by atoms with Gasteiger partial charge in [-0.3, -0.25) is 0 Å². The van der Waals surface area contributed by atoms with Gasteiger partial charge in [0.25, 0.3) is 0 Å². The first-order chi connectivity index (χ1) is 13.5. The summed E-state index contributed by atoms with van der Waals surface area (Å²) in [4.78, 5) is 19.6. The highest BCUT2D eigenvalue weighted by Gasteiger charge is 2.26. The number of aryl methyl sites for hydroxylation is 1. The molecule has 0 aliphatic heterocycles. The first-order valence-corrected chi connectivity index (χ1v) is 9.34. The Morgan fingerprint density at radius 3 is 2.93 bits per heavy atom. The Bertz CT molecular complexity index is 1040. The van der Waals surface area contributed by atoms with E-state index in [-0.39, 0.29) is 5.92 Å². The van der Waals surface area contributed by atoms with E-state index >= 15 is 0 Å². The number of hydrogen-bond acceptors (Lipinski definition) is 8.